The van der Waals surface area contributed by atoms with Gasteiger partial charge in [-0.2, -0.15) is 0 Å². The number of ketones is 1. The average molecular weight is 266 g/mol. The van der Waals surface area contributed by atoms with Gasteiger partial charge in [-0.3, -0.25) is 4.79 Å². The first-order valence-corrected chi connectivity index (χ1v) is 6.98. The minimum atomic E-state index is -0.760. The van der Waals surface area contributed by atoms with Crippen molar-refractivity contribution in [2.75, 3.05) is 0 Å². The molecule has 2 aromatic rings. The zero-order chi connectivity index (χ0) is 14.2. The monoisotopic (exact) mass is 266 g/mol. The van der Waals surface area contributed by atoms with E-state index in [9.17, 15) is 9.90 Å². The summed E-state index contributed by atoms with van der Waals surface area (Å²) in [5.41, 5.74) is 1.92. The summed E-state index contributed by atoms with van der Waals surface area (Å²) in [6.07, 6.45) is 0.755. The molecule has 1 aliphatic carbocycles. The summed E-state index contributed by atoms with van der Waals surface area (Å²) >= 11 is 0. The summed E-state index contributed by atoms with van der Waals surface area (Å²) < 4.78 is 0. The second-order valence-electron chi connectivity index (χ2n) is 5.72. The molecule has 2 atom stereocenters. The Morgan fingerprint density at radius 1 is 1.05 bits per heavy atom. The maximum atomic E-state index is 12.8. The predicted octanol–water partition coefficient (Wildman–Crippen LogP) is 3.56. The SMILES string of the molecule is CC1([C@@H](O)c2ccccc2)CCc2ccccc2C1=O. The van der Waals surface area contributed by atoms with Gasteiger partial charge in [-0.1, -0.05) is 54.6 Å². The number of aliphatic hydroxyl groups excluding tert-OH is 1. The molecule has 0 fully saturated rings. The molecular formula is C18H18O2. The van der Waals surface area contributed by atoms with Gasteiger partial charge in [0.25, 0.3) is 0 Å². The standard InChI is InChI=1S/C18H18O2/c1-18(16(19)14-8-3-2-4-9-14)12-11-13-7-5-6-10-15(13)17(18)20/h2-10,16,19H,11-12H2,1H3/t16-,18?/m0/s1. The molecule has 1 aliphatic rings. The van der Waals surface area contributed by atoms with Crippen LogP contribution in [0.25, 0.3) is 0 Å². The quantitative estimate of drug-likeness (QED) is 0.902. The number of hydrogen-bond donors (Lipinski definition) is 1. The van der Waals surface area contributed by atoms with Gasteiger partial charge in [0.05, 0.1) is 11.5 Å². The highest BCUT2D eigenvalue weighted by molar-refractivity contribution is 6.03. The van der Waals surface area contributed by atoms with E-state index in [0.29, 0.717) is 6.42 Å². The second-order valence-corrected chi connectivity index (χ2v) is 5.72. The molecule has 0 aromatic heterocycles. The van der Waals surface area contributed by atoms with Crippen molar-refractivity contribution in [1.29, 1.82) is 0 Å². The van der Waals surface area contributed by atoms with Crippen molar-refractivity contribution >= 4 is 5.78 Å². The fraction of sp³-hybridized carbons (Fsp3) is 0.278. The number of Topliss-reactive ketones (excluding diaryl/α,β-unsaturated/α-hetero) is 1. The van der Waals surface area contributed by atoms with Gasteiger partial charge in [-0.05, 0) is 30.9 Å². The third kappa shape index (κ3) is 1.97. The molecule has 0 aliphatic heterocycles. The van der Waals surface area contributed by atoms with E-state index in [4.69, 9.17) is 0 Å². The van der Waals surface area contributed by atoms with Crippen LogP contribution in [0.5, 0.6) is 0 Å². The Morgan fingerprint density at radius 2 is 1.70 bits per heavy atom. The van der Waals surface area contributed by atoms with E-state index >= 15 is 0 Å². The lowest BCUT2D eigenvalue weighted by Gasteiger charge is -2.37. The first kappa shape index (κ1) is 13.1. The van der Waals surface area contributed by atoms with Gasteiger partial charge in [0, 0.05) is 5.56 Å². The zero-order valence-corrected chi connectivity index (χ0v) is 11.5. The summed E-state index contributed by atoms with van der Waals surface area (Å²) in [5.74, 6) is 0.0516. The summed E-state index contributed by atoms with van der Waals surface area (Å²) in [6.45, 7) is 1.88. The van der Waals surface area contributed by atoms with Gasteiger partial charge in [0.15, 0.2) is 5.78 Å². The number of carbonyl (C=O) groups excluding carboxylic acids is 1. The molecule has 2 aromatic carbocycles. The van der Waals surface area contributed by atoms with Crippen LogP contribution in [-0.4, -0.2) is 10.9 Å². The minimum absolute atomic E-state index is 0.0516. The van der Waals surface area contributed by atoms with Crippen LogP contribution >= 0.6 is 0 Å². The van der Waals surface area contributed by atoms with Gasteiger partial charge in [-0.25, -0.2) is 0 Å². The molecule has 3 rings (SSSR count). The highest BCUT2D eigenvalue weighted by atomic mass is 16.3. The van der Waals surface area contributed by atoms with E-state index in [1.165, 1.54) is 0 Å². The van der Waals surface area contributed by atoms with Gasteiger partial charge < -0.3 is 5.11 Å². The first-order valence-electron chi connectivity index (χ1n) is 6.98. The van der Waals surface area contributed by atoms with E-state index in [2.05, 4.69) is 0 Å². The van der Waals surface area contributed by atoms with E-state index in [-0.39, 0.29) is 5.78 Å². The Bertz CT molecular complexity index is 633. The molecule has 0 amide bonds. The van der Waals surface area contributed by atoms with Crippen molar-refractivity contribution in [2.45, 2.75) is 25.9 Å². The lowest BCUT2D eigenvalue weighted by molar-refractivity contribution is 0.0248. The maximum Gasteiger partial charge on any atom is 0.171 e. The Balaban J connectivity index is 2.00. The van der Waals surface area contributed by atoms with Crippen molar-refractivity contribution in [3.63, 3.8) is 0 Å². The highest BCUT2D eigenvalue weighted by Crippen LogP contribution is 2.44. The molecule has 0 spiro atoms. The number of aliphatic hydroxyl groups is 1. The number of benzene rings is 2. The molecule has 0 radical (unpaired) electrons. The Labute approximate surface area is 119 Å². The van der Waals surface area contributed by atoms with Crippen LogP contribution in [0.2, 0.25) is 0 Å². The molecule has 20 heavy (non-hydrogen) atoms. The van der Waals surface area contributed by atoms with Crippen molar-refractivity contribution in [3.05, 3.63) is 71.3 Å². The van der Waals surface area contributed by atoms with Crippen molar-refractivity contribution in [2.24, 2.45) is 5.41 Å². The van der Waals surface area contributed by atoms with E-state index in [1.54, 1.807) is 0 Å². The molecular weight excluding hydrogens is 248 g/mol. The molecule has 0 saturated heterocycles. The number of rotatable bonds is 2. The third-order valence-corrected chi connectivity index (χ3v) is 4.41. The van der Waals surface area contributed by atoms with Crippen LogP contribution < -0.4 is 0 Å². The van der Waals surface area contributed by atoms with Crippen LogP contribution in [0.15, 0.2) is 54.6 Å². The van der Waals surface area contributed by atoms with E-state index in [1.807, 2.05) is 61.5 Å². The lowest BCUT2D eigenvalue weighted by Crippen LogP contribution is -2.38. The normalized spacial score (nSPS) is 23.2. The molecule has 0 bridgehead atoms. The topological polar surface area (TPSA) is 37.3 Å². The van der Waals surface area contributed by atoms with Crippen molar-refractivity contribution in [3.8, 4) is 0 Å². The molecule has 1 N–H and O–H groups in total. The number of fused-ring (bicyclic) bond motifs is 1. The first-order chi connectivity index (χ1) is 9.63. The van der Waals surface area contributed by atoms with Crippen molar-refractivity contribution < 1.29 is 9.90 Å². The molecule has 1 unspecified atom stereocenters. The van der Waals surface area contributed by atoms with E-state index < -0.39 is 11.5 Å². The molecule has 2 heteroatoms. The number of hydrogen-bond acceptors (Lipinski definition) is 2. The maximum absolute atomic E-state index is 12.8. The van der Waals surface area contributed by atoms with Gasteiger partial charge >= 0.3 is 0 Å². The highest BCUT2D eigenvalue weighted by Gasteiger charge is 2.44. The van der Waals surface area contributed by atoms with Crippen LogP contribution in [-0.2, 0) is 6.42 Å². The Hall–Kier alpha value is -1.93. The Kier molecular flexibility index (Phi) is 3.19. The average Bonchev–Trinajstić information content (AvgIpc) is 2.51. The largest absolute Gasteiger partial charge is 0.387 e. The summed E-state index contributed by atoms with van der Waals surface area (Å²) in [5, 5.41) is 10.7. The van der Waals surface area contributed by atoms with E-state index in [0.717, 1.165) is 23.1 Å². The summed E-state index contributed by atoms with van der Waals surface area (Å²) in [4.78, 5) is 12.8. The summed E-state index contributed by atoms with van der Waals surface area (Å²) in [6, 6.07) is 17.2. The van der Waals surface area contributed by atoms with Crippen LogP contribution in [0.3, 0.4) is 0 Å². The zero-order valence-electron chi connectivity index (χ0n) is 11.5. The smallest absolute Gasteiger partial charge is 0.171 e. The molecule has 0 heterocycles. The summed E-state index contributed by atoms with van der Waals surface area (Å²) in [7, 11) is 0. The second kappa shape index (κ2) is 4.88. The van der Waals surface area contributed by atoms with Crippen LogP contribution in [0.4, 0.5) is 0 Å². The van der Waals surface area contributed by atoms with Crippen LogP contribution in [0, 0.1) is 5.41 Å². The van der Waals surface area contributed by atoms with Crippen LogP contribution in [0.1, 0.15) is 40.9 Å². The predicted molar refractivity (Wildman–Crippen MR) is 78.6 cm³/mol. The van der Waals surface area contributed by atoms with Gasteiger partial charge in [0.1, 0.15) is 0 Å². The minimum Gasteiger partial charge on any atom is -0.387 e. The number of carbonyl (C=O) groups is 1. The molecule has 0 saturated carbocycles. The van der Waals surface area contributed by atoms with Gasteiger partial charge in [0.2, 0.25) is 0 Å². The van der Waals surface area contributed by atoms with Gasteiger partial charge in [-0.15, -0.1) is 0 Å². The molecule has 102 valence electrons. The number of aryl methyl sites for hydroxylation is 1. The van der Waals surface area contributed by atoms with Crippen molar-refractivity contribution in [1.82, 2.24) is 0 Å². The fourth-order valence-electron chi connectivity index (χ4n) is 3.04. The Morgan fingerprint density at radius 3 is 2.45 bits per heavy atom. The fourth-order valence-corrected chi connectivity index (χ4v) is 3.04. The lowest BCUT2D eigenvalue weighted by atomic mass is 9.67. The third-order valence-electron chi connectivity index (χ3n) is 4.41. The molecule has 2 nitrogen and oxygen atoms in total.